The van der Waals surface area contributed by atoms with Crippen molar-refractivity contribution in [1.82, 2.24) is 5.32 Å². The molecule has 0 aliphatic heterocycles. The summed E-state index contributed by atoms with van der Waals surface area (Å²) in [4.78, 5) is 23.6. The molecule has 0 heterocycles. The van der Waals surface area contributed by atoms with Crippen LogP contribution in [-0.4, -0.2) is 24.9 Å². The Bertz CT molecular complexity index is 486. The highest BCUT2D eigenvalue weighted by Crippen LogP contribution is 2.17. The van der Waals surface area contributed by atoms with Gasteiger partial charge in [0.2, 0.25) is 5.91 Å². The summed E-state index contributed by atoms with van der Waals surface area (Å²) in [5.41, 5.74) is 7.87. The van der Waals surface area contributed by atoms with Gasteiger partial charge in [0.25, 0.3) is 5.91 Å². The van der Waals surface area contributed by atoms with Crippen LogP contribution in [0.2, 0.25) is 0 Å². The summed E-state index contributed by atoms with van der Waals surface area (Å²) in [5.74, 6) is -0.397. The van der Waals surface area contributed by atoms with E-state index >= 15 is 0 Å². The fraction of sp³-hybridized carbons (Fsp3) is 0.467. The lowest BCUT2D eigenvalue weighted by Crippen LogP contribution is -2.35. The largest absolute Gasteiger partial charge is 0.355 e. The average Bonchev–Trinajstić information content (AvgIpc) is 2.45. The molecule has 0 aromatic heterocycles. The van der Waals surface area contributed by atoms with Gasteiger partial charge in [0.05, 0.1) is 6.04 Å². The molecule has 110 valence electrons. The summed E-state index contributed by atoms with van der Waals surface area (Å²) in [5, 5.41) is 5.35. The van der Waals surface area contributed by atoms with Gasteiger partial charge in [-0.1, -0.05) is 25.8 Å². The molecule has 0 aliphatic rings. The molecule has 5 heteroatoms. The third kappa shape index (κ3) is 4.35. The number of carbonyl (C=O) groups is 2. The summed E-state index contributed by atoms with van der Waals surface area (Å²) in [6, 6.07) is 4.68. The molecule has 20 heavy (non-hydrogen) atoms. The quantitative estimate of drug-likeness (QED) is 0.741. The highest BCUT2D eigenvalue weighted by atomic mass is 16.2. The van der Waals surface area contributed by atoms with Crippen LogP contribution in [0.1, 0.15) is 42.1 Å². The van der Waals surface area contributed by atoms with Crippen LogP contribution in [0.5, 0.6) is 0 Å². The van der Waals surface area contributed by atoms with Crippen molar-refractivity contribution in [3.8, 4) is 0 Å². The summed E-state index contributed by atoms with van der Waals surface area (Å²) >= 11 is 0. The van der Waals surface area contributed by atoms with E-state index in [1.54, 1.807) is 25.2 Å². The first-order valence-corrected chi connectivity index (χ1v) is 6.88. The Labute approximate surface area is 119 Å². The zero-order valence-electron chi connectivity index (χ0n) is 12.3. The highest BCUT2D eigenvalue weighted by molar-refractivity contribution is 5.99. The van der Waals surface area contributed by atoms with Gasteiger partial charge < -0.3 is 16.4 Å². The van der Waals surface area contributed by atoms with Crippen molar-refractivity contribution in [3.63, 3.8) is 0 Å². The number of unbranched alkanes of at least 4 members (excludes halogenated alkanes) is 1. The summed E-state index contributed by atoms with van der Waals surface area (Å²) in [6.45, 7) is 3.93. The first kappa shape index (κ1) is 16.2. The number of hydrogen-bond donors (Lipinski definition) is 3. The molecule has 1 atom stereocenters. The number of benzene rings is 1. The van der Waals surface area contributed by atoms with Crippen LogP contribution in [0.4, 0.5) is 5.69 Å². The number of aryl methyl sites for hydroxylation is 1. The van der Waals surface area contributed by atoms with E-state index in [4.69, 9.17) is 5.73 Å². The summed E-state index contributed by atoms with van der Waals surface area (Å²) < 4.78 is 0. The van der Waals surface area contributed by atoms with E-state index in [1.165, 1.54) is 0 Å². The third-order valence-electron chi connectivity index (χ3n) is 3.19. The number of carbonyl (C=O) groups excluding carboxylic acids is 2. The fourth-order valence-corrected chi connectivity index (χ4v) is 1.82. The van der Waals surface area contributed by atoms with Crippen LogP contribution < -0.4 is 16.4 Å². The minimum absolute atomic E-state index is 0.184. The number of anilines is 1. The second kappa shape index (κ2) is 7.65. The zero-order valence-corrected chi connectivity index (χ0v) is 12.3. The number of nitrogens with one attached hydrogen (secondary N) is 2. The molecular formula is C15H23N3O2. The van der Waals surface area contributed by atoms with Crippen LogP contribution >= 0.6 is 0 Å². The molecule has 0 radical (unpaired) electrons. The van der Waals surface area contributed by atoms with Gasteiger partial charge in [-0.15, -0.1) is 0 Å². The minimum atomic E-state index is -0.516. The lowest BCUT2D eigenvalue weighted by molar-refractivity contribution is -0.117. The topological polar surface area (TPSA) is 84.2 Å². The lowest BCUT2D eigenvalue weighted by Gasteiger charge is -2.14. The van der Waals surface area contributed by atoms with Crippen molar-refractivity contribution in [3.05, 3.63) is 29.3 Å². The molecule has 0 saturated carbocycles. The Morgan fingerprint density at radius 1 is 1.35 bits per heavy atom. The Kier molecular flexibility index (Phi) is 6.18. The number of hydrogen-bond acceptors (Lipinski definition) is 3. The van der Waals surface area contributed by atoms with Crippen molar-refractivity contribution < 1.29 is 9.59 Å². The standard InChI is InChI=1S/C15H23N3O2/c1-4-5-6-12(16)15(20)18-13-9-11(14(19)17-3)8-7-10(13)2/h7-9,12H,4-6,16H2,1-3H3,(H,17,19)(H,18,20). The first-order chi connectivity index (χ1) is 9.49. The molecule has 0 saturated heterocycles. The summed E-state index contributed by atoms with van der Waals surface area (Å²) in [6.07, 6.45) is 2.59. The Balaban J connectivity index is 2.80. The van der Waals surface area contributed by atoms with Crippen LogP contribution in [0.3, 0.4) is 0 Å². The van der Waals surface area contributed by atoms with E-state index in [-0.39, 0.29) is 11.8 Å². The van der Waals surface area contributed by atoms with E-state index in [1.807, 2.05) is 6.92 Å². The molecular weight excluding hydrogens is 254 g/mol. The van der Waals surface area contributed by atoms with Gasteiger partial charge in [-0.2, -0.15) is 0 Å². The molecule has 1 aromatic carbocycles. The Morgan fingerprint density at radius 2 is 2.05 bits per heavy atom. The van der Waals surface area contributed by atoms with Gasteiger partial charge >= 0.3 is 0 Å². The molecule has 5 nitrogen and oxygen atoms in total. The van der Waals surface area contributed by atoms with Crippen molar-refractivity contribution in [2.75, 3.05) is 12.4 Å². The van der Waals surface area contributed by atoms with E-state index in [0.29, 0.717) is 17.7 Å². The average molecular weight is 277 g/mol. The molecule has 1 rings (SSSR count). The van der Waals surface area contributed by atoms with Gasteiger partial charge in [-0.25, -0.2) is 0 Å². The minimum Gasteiger partial charge on any atom is -0.355 e. The summed E-state index contributed by atoms with van der Waals surface area (Å²) in [7, 11) is 1.57. The molecule has 2 amide bonds. The molecule has 1 aromatic rings. The van der Waals surface area contributed by atoms with Crippen LogP contribution in [-0.2, 0) is 4.79 Å². The molecule has 0 bridgehead atoms. The second-order valence-electron chi connectivity index (χ2n) is 4.85. The monoisotopic (exact) mass is 277 g/mol. The molecule has 1 unspecified atom stereocenters. The van der Waals surface area contributed by atoms with Crippen molar-refractivity contribution in [2.45, 2.75) is 39.2 Å². The maximum Gasteiger partial charge on any atom is 0.251 e. The van der Waals surface area contributed by atoms with Crippen molar-refractivity contribution >= 4 is 17.5 Å². The zero-order chi connectivity index (χ0) is 15.1. The van der Waals surface area contributed by atoms with Gasteiger partial charge in [-0.3, -0.25) is 9.59 Å². The fourth-order valence-electron chi connectivity index (χ4n) is 1.82. The van der Waals surface area contributed by atoms with E-state index in [9.17, 15) is 9.59 Å². The smallest absolute Gasteiger partial charge is 0.251 e. The van der Waals surface area contributed by atoms with Gasteiger partial charge in [0.15, 0.2) is 0 Å². The maximum atomic E-state index is 12.0. The van der Waals surface area contributed by atoms with Crippen molar-refractivity contribution in [1.29, 1.82) is 0 Å². The molecule has 4 N–H and O–H groups in total. The van der Waals surface area contributed by atoms with E-state index in [2.05, 4.69) is 17.6 Å². The highest BCUT2D eigenvalue weighted by Gasteiger charge is 2.14. The number of nitrogens with two attached hydrogens (primary N) is 1. The van der Waals surface area contributed by atoms with Gasteiger partial charge in [0.1, 0.15) is 0 Å². The lowest BCUT2D eigenvalue weighted by atomic mass is 10.1. The van der Waals surface area contributed by atoms with Crippen LogP contribution in [0.25, 0.3) is 0 Å². The van der Waals surface area contributed by atoms with Crippen LogP contribution in [0.15, 0.2) is 18.2 Å². The van der Waals surface area contributed by atoms with Crippen LogP contribution in [0, 0.1) is 6.92 Å². The normalized spacial score (nSPS) is 11.8. The van der Waals surface area contributed by atoms with Gasteiger partial charge in [0, 0.05) is 18.3 Å². The maximum absolute atomic E-state index is 12.0. The predicted molar refractivity (Wildman–Crippen MR) is 80.7 cm³/mol. The first-order valence-electron chi connectivity index (χ1n) is 6.88. The van der Waals surface area contributed by atoms with E-state index in [0.717, 1.165) is 18.4 Å². The molecule has 0 spiro atoms. The van der Waals surface area contributed by atoms with Gasteiger partial charge in [-0.05, 0) is 31.0 Å². The molecule has 0 fully saturated rings. The Hall–Kier alpha value is -1.88. The molecule has 0 aliphatic carbocycles. The number of amides is 2. The number of rotatable bonds is 6. The second-order valence-corrected chi connectivity index (χ2v) is 4.85. The SMILES string of the molecule is CCCCC(N)C(=O)Nc1cc(C(=O)NC)ccc1C. The third-order valence-corrected chi connectivity index (χ3v) is 3.19. The van der Waals surface area contributed by atoms with E-state index < -0.39 is 6.04 Å². The van der Waals surface area contributed by atoms with Crippen molar-refractivity contribution in [2.24, 2.45) is 5.73 Å². The Morgan fingerprint density at radius 3 is 2.65 bits per heavy atom. The predicted octanol–water partition coefficient (Wildman–Crippen LogP) is 1.81.